The van der Waals surface area contributed by atoms with Crippen molar-refractivity contribution in [1.29, 1.82) is 0 Å². The van der Waals surface area contributed by atoms with E-state index in [0.29, 0.717) is 6.54 Å². The number of carbonyl (C=O) groups excluding carboxylic acids is 1. The molecular weight excluding hydrogens is 289 g/mol. The van der Waals surface area contributed by atoms with Crippen molar-refractivity contribution in [2.45, 2.75) is 18.3 Å². The lowest BCUT2D eigenvalue weighted by atomic mass is 10.1. The molecule has 0 saturated heterocycles. The van der Waals surface area contributed by atoms with Crippen molar-refractivity contribution in [3.63, 3.8) is 0 Å². The molecule has 1 amide bonds. The van der Waals surface area contributed by atoms with Crippen LogP contribution in [0.1, 0.15) is 22.8 Å². The van der Waals surface area contributed by atoms with Crippen LogP contribution < -0.4 is 10.6 Å². The van der Waals surface area contributed by atoms with E-state index in [2.05, 4.69) is 10.6 Å². The van der Waals surface area contributed by atoms with E-state index in [-0.39, 0.29) is 16.5 Å². The second kappa shape index (κ2) is 6.88. The topological polar surface area (TPSA) is 41.1 Å². The van der Waals surface area contributed by atoms with E-state index in [0.717, 1.165) is 6.07 Å². The molecule has 0 aliphatic heterocycles. The average Bonchev–Trinajstić information content (AvgIpc) is 2.42. The number of hydrogen-bond acceptors (Lipinski definition) is 3. The monoisotopic (exact) mass is 306 g/mol. The zero-order chi connectivity index (χ0) is 15.3. The highest BCUT2D eigenvalue weighted by atomic mass is 32.2. The molecule has 0 fully saturated rings. The Bertz CT molecular complexity index is 477. The second-order valence-corrected chi connectivity index (χ2v) is 5.54. The summed E-state index contributed by atoms with van der Waals surface area (Å²) in [6.45, 7) is 2.34. The molecule has 1 atom stereocenters. The van der Waals surface area contributed by atoms with Crippen LogP contribution in [0.3, 0.4) is 0 Å². The second-order valence-electron chi connectivity index (χ2n) is 4.26. The zero-order valence-electron chi connectivity index (χ0n) is 11.5. The molecule has 1 rings (SSSR count). The van der Waals surface area contributed by atoms with Gasteiger partial charge in [-0.3, -0.25) is 4.79 Å². The Morgan fingerprint density at radius 1 is 1.40 bits per heavy atom. The summed E-state index contributed by atoms with van der Waals surface area (Å²) in [4.78, 5) is 11.8. The van der Waals surface area contributed by atoms with Gasteiger partial charge in [-0.1, -0.05) is 6.92 Å². The summed E-state index contributed by atoms with van der Waals surface area (Å²) in [5.41, 5.74) is -0.887. The smallest absolute Gasteiger partial charge is 0.388 e. The maximum Gasteiger partial charge on any atom is 0.418 e. The quantitative estimate of drug-likeness (QED) is 0.877. The first-order valence-electron chi connectivity index (χ1n) is 5.99. The Balaban J connectivity index is 2.94. The number of amides is 1. The zero-order valence-corrected chi connectivity index (χ0v) is 12.3. The Kier molecular flexibility index (Phi) is 5.74. The third kappa shape index (κ3) is 4.33. The largest absolute Gasteiger partial charge is 0.418 e. The molecule has 0 heterocycles. The molecule has 3 nitrogen and oxygen atoms in total. The maximum atomic E-state index is 12.9. The van der Waals surface area contributed by atoms with Crippen molar-refractivity contribution in [2.75, 3.05) is 25.2 Å². The first-order valence-corrected chi connectivity index (χ1v) is 7.28. The number of halogens is 3. The van der Waals surface area contributed by atoms with Crippen LogP contribution in [0.15, 0.2) is 18.2 Å². The van der Waals surface area contributed by atoms with Gasteiger partial charge in [0.2, 0.25) is 0 Å². The number of thioether (sulfide) groups is 1. The van der Waals surface area contributed by atoms with E-state index in [1.807, 2.05) is 13.2 Å². The summed E-state index contributed by atoms with van der Waals surface area (Å²) in [7, 11) is 1.41. The fraction of sp³-hybridized carbons (Fsp3) is 0.462. The minimum atomic E-state index is -4.50. The number of nitrogens with one attached hydrogen (secondary N) is 2. The standard InChI is InChI=1S/C13H17F3N2OS/c1-8(20-3)7-18-12(19)9-4-5-11(17-2)10(6-9)13(14,15)16/h4-6,8,17H,7H2,1-3H3,(H,18,19). The van der Waals surface area contributed by atoms with Crippen LogP contribution in [0.25, 0.3) is 0 Å². The molecule has 0 aliphatic carbocycles. The van der Waals surface area contributed by atoms with E-state index in [1.165, 1.54) is 19.2 Å². The summed E-state index contributed by atoms with van der Waals surface area (Å²) >= 11 is 1.57. The summed E-state index contributed by atoms with van der Waals surface area (Å²) < 4.78 is 38.6. The van der Waals surface area contributed by atoms with Gasteiger partial charge in [0, 0.05) is 30.1 Å². The summed E-state index contributed by atoms with van der Waals surface area (Å²) in [5, 5.41) is 5.30. The van der Waals surface area contributed by atoms with E-state index in [1.54, 1.807) is 11.8 Å². The van der Waals surface area contributed by atoms with Crippen LogP contribution in [0, 0.1) is 0 Å². The molecule has 0 aliphatic rings. The minimum Gasteiger partial charge on any atom is -0.388 e. The van der Waals surface area contributed by atoms with Crippen molar-refractivity contribution >= 4 is 23.4 Å². The van der Waals surface area contributed by atoms with Crippen LogP contribution in [0.4, 0.5) is 18.9 Å². The molecule has 20 heavy (non-hydrogen) atoms. The maximum absolute atomic E-state index is 12.9. The predicted molar refractivity (Wildman–Crippen MR) is 76.3 cm³/mol. The third-order valence-corrected chi connectivity index (χ3v) is 3.78. The van der Waals surface area contributed by atoms with Gasteiger partial charge in [-0.2, -0.15) is 24.9 Å². The Labute approximate surface area is 120 Å². The van der Waals surface area contributed by atoms with Gasteiger partial charge < -0.3 is 10.6 Å². The highest BCUT2D eigenvalue weighted by molar-refractivity contribution is 7.99. The van der Waals surface area contributed by atoms with Crippen LogP contribution in [0.5, 0.6) is 0 Å². The third-order valence-electron chi connectivity index (χ3n) is 2.81. The molecule has 0 spiro atoms. The lowest BCUT2D eigenvalue weighted by molar-refractivity contribution is -0.136. The number of carbonyl (C=O) groups is 1. The number of alkyl halides is 3. The van der Waals surface area contributed by atoms with Gasteiger partial charge in [0.15, 0.2) is 0 Å². The van der Waals surface area contributed by atoms with Crippen molar-refractivity contribution in [2.24, 2.45) is 0 Å². The van der Waals surface area contributed by atoms with Crippen LogP contribution in [-0.4, -0.2) is 31.0 Å². The van der Waals surface area contributed by atoms with Gasteiger partial charge in [-0.05, 0) is 24.5 Å². The summed E-state index contributed by atoms with van der Waals surface area (Å²) in [5.74, 6) is -0.501. The molecule has 2 N–H and O–H groups in total. The number of benzene rings is 1. The molecule has 112 valence electrons. The molecule has 0 radical (unpaired) electrons. The fourth-order valence-electron chi connectivity index (χ4n) is 1.56. The average molecular weight is 306 g/mol. The molecular formula is C13H17F3N2OS. The van der Waals surface area contributed by atoms with Crippen molar-refractivity contribution in [3.05, 3.63) is 29.3 Å². The normalized spacial score (nSPS) is 12.9. The first-order chi connectivity index (χ1) is 9.29. The molecule has 1 aromatic rings. The van der Waals surface area contributed by atoms with Crippen molar-refractivity contribution in [3.8, 4) is 0 Å². The first kappa shape index (κ1) is 16.7. The molecule has 7 heteroatoms. The summed E-state index contributed by atoms with van der Waals surface area (Å²) in [6, 6.07) is 3.50. The van der Waals surface area contributed by atoms with Crippen LogP contribution in [-0.2, 0) is 6.18 Å². The van der Waals surface area contributed by atoms with Gasteiger partial charge in [0.1, 0.15) is 0 Å². The summed E-state index contributed by atoms with van der Waals surface area (Å²) in [6.07, 6.45) is -2.60. The van der Waals surface area contributed by atoms with E-state index in [9.17, 15) is 18.0 Å². The fourth-order valence-corrected chi connectivity index (χ4v) is 1.81. The van der Waals surface area contributed by atoms with Crippen molar-refractivity contribution in [1.82, 2.24) is 5.32 Å². The molecule has 0 bridgehead atoms. The van der Waals surface area contributed by atoms with Gasteiger partial charge in [0.05, 0.1) is 5.56 Å². The minimum absolute atomic E-state index is 0.00429. The molecule has 0 aromatic heterocycles. The van der Waals surface area contributed by atoms with Gasteiger partial charge >= 0.3 is 6.18 Å². The van der Waals surface area contributed by atoms with E-state index < -0.39 is 17.6 Å². The molecule has 1 unspecified atom stereocenters. The predicted octanol–water partition coefficient (Wildman–Crippen LogP) is 3.23. The lowest BCUT2D eigenvalue weighted by Gasteiger charge is -2.15. The Morgan fingerprint density at radius 3 is 2.55 bits per heavy atom. The SMILES string of the molecule is CNc1ccc(C(=O)NCC(C)SC)cc1C(F)(F)F. The Hall–Kier alpha value is -1.37. The van der Waals surface area contributed by atoms with Crippen LogP contribution in [0.2, 0.25) is 0 Å². The molecule has 1 aromatic carbocycles. The lowest BCUT2D eigenvalue weighted by Crippen LogP contribution is -2.29. The van der Waals surface area contributed by atoms with Gasteiger partial charge in [-0.15, -0.1) is 0 Å². The number of hydrogen-bond donors (Lipinski definition) is 2. The number of anilines is 1. The Morgan fingerprint density at radius 2 is 2.05 bits per heavy atom. The van der Waals surface area contributed by atoms with Gasteiger partial charge in [-0.25, -0.2) is 0 Å². The molecule has 0 saturated carbocycles. The highest BCUT2D eigenvalue weighted by Gasteiger charge is 2.34. The van der Waals surface area contributed by atoms with Crippen molar-refractivity contribution < 1.29 is 18.0 Å². The number of rotatable bonds is 5. The van der Waals surface area contributed by atoms with E-state index >= 15 is 0 Å². The van der Waals surface area contributed by atoms with Gasteiger partial charge in [0.25, 0.3) is 5.91 Å². The van der Waals surface area contributed by atoms with Crippen LogP contribution >= 0.6 is 11.8 Å². The van der Waals surface area contributed by atoms with E-state index in [4.69, 9.17) is 0 Å². The highest BCUT2D eigenvalue weighted by Crippen LogP contribution is 2.35.